The summed E-state index contributed by atoms with van der Waals surface area (Å²) < 4.78 is 7.34. The third kappa shape index (κ3) is 3.44. The maximum Gasteiger partial charge on any atom is 0.251 e. The molecule has 124 valence electrons. The summed E-state index contributed by atoms with van der Waals surface area (Å²) in [6.45, 7) is 3.98. The van der Waals surface area contributed by atoms with Gasteiger partial charge in [0.1, 0.15) is 23.8 Å². The Morgan fingerprint density at radius 1 is 1.29 bits per heavy atom. The fourth-order valence-corrected chi connectivity index (χ4v) is 2.30. The molecular weight excluding hydrogens is 304 g/mol. The second-order valence-corrected chi connectivity index (χ2v) is 5.53. The Morgan fingerprint density at radius 3 is 2.88 bits per heavy atom. The van der Waals surface area contributed by atoms with Crippen LogP contribution < -0.4 is 5.32 Å². The van der Waals surface area contributed by atoms with E-state index in [1.54, 1.807) is 6.20 Å². The molecule has 0 fully saturated rings. The SMILES string of the molecule is CCC(C)OCC(=O)Nc1c(-c2ccccn2)nc2ccccn12. The summed E-state index contributed by atoms with van der Waals surface area (Å²) in [7, 11) is 0. The van der Waals surface area contributed by atoms with Gasteiger partial charge in [-0.05, 0) is 37.6 Å². The molecular formula is C18H20N4O2. The lowest BCUT2D eigenvalue weighted by atomic mass is 10.2. The summed E-state index contributed by atoms with van der Waals surface area (Å²) >= 11 is 0. The van der Waals surface area contributed by atoms with Gasteiger partial charge in [-0.3, -0.25) is 14.2 Å². The summed E-state index contributed by atoms with van der Waals surface area (Å²) in [6.07, 6.45) is 4.48. The maximum absolute atomic E-state index is 12.3. The average molecular weight is 324 g/mol. The van der Waals surface area contributed by atoms with Gasteiger partial charge in [0.05, 0.1) is 11.8 Å². The van der Waals surface area contributed by atoms with Crippen LogP contribution in [-0.4, -0.2) is 33.0 Å². The molecule has 1 N–H and O–H groups in total. The fraction of sp³-hybridized carbons (Fsp3) is 0.278. The Balaban J connectivity index is 1.92. The summed E-state index contributed by atoms with van der Waals surface area (Å²) in [5.41, 5.74) is 2.09. The predicted molar refractivity (Wildman–Crippen MR) is 92.8 cm³/mol. The first-order valence-corrected chi connectivity index (χ1v) is 7.99. The number of carbonyl (C=O) groups excluding carboxylic acids is 1. The number of fused-ring (bicyclic) bond motifs is 1. The topological polar surface area (TPSA) is 68.5 Å². The predicted octanol–water partition coefficient (Wildman–Crippen LogP) is 3.15. The highest BCUT2D eigenvalue weighted by Gasteiger charge is 2.17. The second-order valence-electron chi connectivity index (χ2n) is 5.53. The molecule has 1 unspecified atom stereocenters. The van der Waals surface area contributed by atoms with Crippen molar-refractivity contribution in [1.82, 2.24) is 14.4 Å². The van der Waals surface area contributed by atoms with Gasteiger partial charge in [0.25, 0.3) is 5.91 Å². The molecule has 3 aromatic heterocycles. The van der Waals surface area contributed by atoms with Crippen molar-refractivity contribution < 1.29 is 9.53 Å². The van der Waals surface area contributed by atoms with Crippen molar-refractivity contribution in [2.75, 3.05) is 11.9 Å². The molecule has 0 aliphatic rings. The van der Waals surface area contributed by atoms with Crippen molar-refractivity contribution in [2.45, 2.75) is 26.4 Å². The minimum Gasteiger partial charge on any atom is -0.369 e. The standard InChI is InChI=1S/C18H20N4O2/c1-3-13(2)24-12-16(23)21-18-17(14-8-4-6-10-19-14)20-15-9-5-7-11-22(15)18/h4-11,13H,3,12H2,1-2H3,(H,21,23). The number of carbonyl (C=O) groups is 1. The van der Waals surface area contributed by atoms with Crippen molar-refractivity contribution in [3.05, 3.63) is 48.8 Å². The molecule has 0 aromatic carbocycles. The van der Waals surface area contributed by atoms with Gasteiger partial charge in [0.15, 0.2) is 0 Å². The highest BCUT2D eigenvalue weighted by molar-refractivity contribution is 5.95. The number of rotatable bonds is 6. The van der Waals surface area contributed by atoms with E-state index in [0.29, 0.717) is 17.2 Å². The minimum absolute atomic E-state index is 0.0106. The van der Waals surface area contributed by atoms with Crippen LogP contribution in [0.2, 0.25) is 0 Å². The largest absolute Gasteiger partial charge is 0.369 e. The number of ether oxygens (including phenoxy) is 1. The van der Waals surface area contributed by atoms with E-state index in [4.69, 9.17) is 4.74 Å². The Bertz CT molecular complexity index is 829. The molecule has 3 aromatic rings. The van der Waals surface area contributed by atoms with E-state index in [1.807, 2.05) is 60.8 Å². The molecule has 3 rings (SSSR count). The quantitative estimate of drug-likeness (QED) is 0.756. The van der Waals surface area contributed by atoms with Crippen LogP contribution in [0.3, 0.4) is 0 Å². The van der Waals surface area contributed by atoms with Crippen molar-refractivity contribution in [1.29, 1.82) is 0 Å². The molecule has 0 bridgehead atoms. The molecule has 6 nitrogen and oxygen atoms in total. The van der Waals surface area contributed by atoms with Crippen LogP contribution in [0.4, 0.5) is 5.82 Å². The zero-order valence-electron chi connectivity index (χ0n) is 13.8. The fourth-order valence-electron chi connectivity index (χ4n) is 2.30. The molecule has 0 saturated carbocycles. The number of nitrogens with one attached hydrogen (secondary N) is 1. The van der Waals surface area contributed by atoms with Crippen LogP contribution in [0.15, 0.2) is 48.8 Å². The van der Waals surface area contributed by atoms with Crippen LogP contribution >= 0.6 is 0 Å². The summed E-state index contributed by atoms with van der Waals surface area (Å²) in [5, 5.41) is 2.91. The summed E-state index contributed by atoms with van der Waals surface area (Å²) in [6, 6.07) is 11.3. The van der Waals surface area contributed by atoms with Gasteiger partial charge in [-0.15, -0.1) is 0 Å². The Morgan fingerprint density at radius 2 is 2.12 bits per heavy atom. The maximum atomic E-state index is 12.3. The van der Waals surface area contributed by atoms with Gasteiger partial charge in [0, 0.05) is 12.4 Å². The lowest BCUT2D eigenvalue weighted by molar-refractivity contribution is -0.122. The minimum atomic E-state index is -0.210. The van der Waals surface area contributed by atoms with Crippen LogP contribution in [-0.2, 0) is 9.53 Å². The monoisotopic (exact) mass is 324 g/mol. The van der Waals surface area contributed by atoms with Crippen LogP contribution in [0.1, 0.15) is 20.3 Å². The van der Waals surface area contributed by atoms with Gasteiger partial charge in [-0.2, -0.15) is 0 Å². The van der Waals surface area contributed by atoms with Crippen molar-refractivity contribution in [3.8, 4) is 11.4 Å². The van der Waals surface area contributed by atoms with Gasteiger partial charge < -0.3 is 10.1 Å². The van der Waals surface area contributed by atoms with Gasteiger partial charge >= 0.3 is 0 Å². The molecule has 1 amide bonds. The van der Waals surface area contributed by atoms with E-state index < -0.39 is 0 Å². The van der Waals surface area contributed by atoms with Crippen LogP contribution in [0.5, 0.6) is 0 Å². The summed E-state index contributed by atoms with van der Waals surface area (Å²) in [5.74, 6) is 0.389. The molecule has 3 heterocycles. The smallest absolute Gasteiger partial charge is 0.251 e. The highest BCUT2D eigenvalue weighted by Crippen LogP contribution is 2.27. The third-order valence-corrected chi connectivity index (χ3v) is 3.77. The molecule has 6 heteroatoms. The first-order valence-electron chi connectivity index (χ1n) is 7.99. The Kier molecular flexibility index (Phi) is 4.86. The highest BCUT2D eigenvalue weighted by atomic mass is 16.5. The van der Waals surface area contributed by atoms with Crippen LogP contribution in [0, 0.1) is 0 Å². The number of amides is 1. The Labute approximate surface area is 140 Å². The molecule has 0 aliphatic carbocycles. The van der Waals surface area contributed by atoms with Gasteiger partial charge in [-0.1, -0.05) is 19.1 Å². The number of anilines is 1. The van der Waals surface area contributed by atoms with E-state index >= 15 is 0 Å². The third-order valence-electron chi connectivity index (χ3n) is 3.77. The van der Waals surface area contributed by atoms with Crippen molar-refractivity contribution in [2.24, 2.45) is 0 Å². The van der Waals surface area contributed by atoms with Crippen molar-refractivity contribution in [3.63, 3.8) is 0 Å². The van der Waals surface area contributed by atoms with E-state index in [0.717, 1.165) is 12.1 Å². The average Bonchev–Trinajstić information content (AvgIpc) is 2.99. The Hall–Kier alpha value is -2.73. The molecule has 24 heavy (non-hydrogen) atoms. The van der Waals surface area contributed by atoms with E-state index in [-0.39, 0.29) is 18.6 Å². The second kappa shape index (κ2) is 7.23. The normalized spacial score (nSPS) is 12.2. The van der Waals surface area contributed by atoms with Crippen molar-refractivity contribution >= 4 is 17.4 Å². The molecule has 0 spiro atoms. The van der Waals surface area contributed by atoms with Gasteiger partial charge in [0.2, 0.25) is 0 Å². The zero-order chi connectivity index (χ0) is 16.9. The lowest BCUT2D eigenvalue weighted by Crippen LogP contribution is -2.22. The number of nitrogens with zero attached hydrogens (tertiary/aromatic N) is 3. The van der Waals surface area contributed by atoms with E-state index in [2.05, 4.69) is 15.3 Å². The van der Waals surface area contributed by atoms with Gasteiger partial charge in [-0.25, -0.2) is 4.98 Å². The molecule has 0 radical (unpaired) electrons. The number of hydrogen-bond acceptors (Lipinski definition) is 4. The first-order chi connectivity index (χ1) is 11.7. The number of imidazole rings is 1. The van der Waals surface area contributed by atoms with E-state index in [9.17, 15) is 4.79 Å². The zero-order valence-corrected chi connectivity index (χ0v) is 13.8. The lowest BCUT2D eigenvalue weighted by Gasteiger charge is -2.11. The first kappa shape index (κ1) is 16.1. The van der Waals surface area contributed by atoms with Crippen LogP contribution in [0.25, 0.3) is 17.0 Å². The van der Waals surface area contributed by atoms with E-state index in [1.165, 1.54) is 0 Å². The molecule has 0 aliphatic heterocycles. The summed E-state index contributed by atoms with van der Waals surface area (Å²) in [4.78, 5) is 21.2. The molecule has 1 atom stereocenters. The number of pyridine rings is 2. The molecule has 0 saturated heterocycles. The number of aromatic nitrogens is 3. The number of hydrogen-bond donors (Lipinski definition) is 1.